The van der Waals surface area contributed by atoms with Gasteiger partial charge in [0.2, 0.25) is 5.91 Å². The lowest BCUT2D eigenvalue weighted by Crippen LogP contribution is -2.39. The molecule has 1 amide bonds. The van der Waals surface area contributed by atoms with Gasteiger partial charge < -0.3 is 19.1 Å². The number of nitrogens with zero attached hydrogens (tertiary/aromatic N) is 3. The van der Waals surface area contributed by atoms with Crippen molar-refractivity contribution in [2.75, 3.05) is 27.9 Å². The highest BCUT2D eigenvalue weighted by Gasteiger charge is 2.20. The Morgan fingerprint density at radius 2 is 1.71 bits per heavy atom. The van der Waals surface area contributed by atoms with E-state index in [0.717, 1.165) is 0 Å². The minimum absolute atomic E-state index is 0.0965. The van der Waals surface area contributed by atoms with Crippen molar-refractivity contribution in [3.05, 3.63) is 64.6 Å². The van der Waals surface area contributed by atoms with Gasteiger partial charge in [-0.25, -0.2) is 4.98 Å². The van der Waals surface area contributed by atoms with E-state index in [1.807, 2.05) is 0 Å². The molecule has 0 saturated carbocycles. The smallest absolute Gasteiger partial charge is 0.325 e. The summed E-state index contributed by atoms with van der Waals surface area (Å²) < 4.78 is 16.6. The van der Waals surface area contributed by atoms with Gasteiger partial charge in [-0.3, -0.25) is 19.0 Å². The number of esters is 1. The molecule has 0 N–H and O–H groups in total. The normalized spacial score (nSPS) is 10.5. The first-order valence-electron chi connectivity index (χ1n) is 9.46. The second-order valence-electron chi connectivity index (χ2n) is 6.72. The van der Waals surface area contributed by atoms with Crippen molar-refractivity contribution in [1.82, 2.24) is 14.5 Å². The number of ether oxygens (including phenoxy) is 3. The summed E-state index contributed by atoms with van der Waals surface area (Å²) in [4.78, 5) is 42.9. The maximum Gasteiger partial charge on any atom is 0.325 e. The maximum absolute atomic E-state index is 13.1. The largest absolute Gasteiger partial charge is 0.497 e. The fourth-order valence-corrected chi connectivity index (χ4v) is 3.14. The topological polar surface area (TPSA) is 100.0 Å². The summed E-state index contributed by atoms with van der Waals surface area (Å²) in [7, 11) is 4.30. The van der Waals surface area contributed by atoms with Crippen LogP contribution >= 0.6 is 0 Å². The summed E-state index contributed by atoms with van der Waals surface area (Å²) in [5.41, 5.74) is 1.41. The van der Waals surface area contributed by atoms with E-state index in [9.17, 15) is 14.4 Å². The van der Waals surface area contributed by atoms with Crippen LogP contribution in [0.4, 0.5) is 0 Å². The van der Waals surface area contributed by atoms with Crippen molar-refractivity contribution in [2.24, 2.45) is 0 Å². The molecule has 0 bridgehead atoms. The number of hydrogen-bond acceptors (Lipinski definition) is 7. The second kappa shape index (κ2) is 9.75. The van der Waals surface area contributed by atoms with Gasteiger partial charge in [-0.05, 0) is 29.8 Å². The Hall–Kier alpha value is -3.88. The predicted octanol–water partition coefficient (Wildman–Crippen LogP) is 1.62. The van der Waals surface area contributed by atoms with Gasteiger partial charge in [0.25, 0.3) is 5.56 Å². The Labute approximate surface area is 178 Å². The molecule has 0 aliphatic rings. The Morgan fingerprint density at radius 1 is 1.03 bits per heavy atom. The maximum atomic E-state index is 13.1. The predicted molar refractivity (Wildman–Crippen MR) is 113 cm³/mol. The number of aromatic nitrogens is 2. The lowest BCUT2D eigenvalue weighted by Gasteiger charge is -2.23. The van der Waals surface area contributed by atoms with Crippen LogP contribution in [0.15, 0.2) is 53.5 Å². The van der Waals surface area contributed by atoms with Crippen LogP contribution in [-0.2, 0) is 27.4 Å². The third kappa shape index (κ3) is 5.19. The molecule has 3 aromatic rings. The van der Waals surface area contributed by atoms with Gasteiger partial charge in [0.1, 0.15) is 24.6 Å². The quantitative estimate of drug-likeness (QED) is 0.506. The van der Waals surface area contributed by atoms with Crippen LogP contribution in [0.2, 0.25) is 0 Å². The van der Waals surface area contributed by atoms with Crippen molar-refractivity contribution in [3.63, 3.8) is 0 Å². The molecule has 1 aromatic heterocycles. The number of methoxy groups -OCH3 is 3. The molecule has 0 saturated heterocycles. The Balaban J connectivity index is 1.93. The first kappa shape index (κ1) is 21.8. The zero-order valence-corrected chi connectivity index (χ0v) is 17.5. The van der Waals surface area contributed by atoms with E-state index < -0.39 is 17.4 Å². The van der Waals surface area contributed by atoms with Crippen LogP contribution in [0.5, 0.6) is 11.5 Å². The molecule has 9 nitrogen and oxygen atoms in total. The van der Waals surface area contributed by atoms with Crippen molar-refractivity contribution in [2.45, 2.75) is 13.1 Å². The fourth-order valence-electron chi connectivity index (χ4n) is 3.14. The third-order valence-electron chi connectivity index (χ3n) is 4.73. The molecule has 0 aliphatic heterocycles. The summed E-state index contributed by atoms with van der Waals surface area (Å²) >= 11 is 0. The van der Waals surface area contributed by atoms with E-state index in [1.54, 1.807) is 42.5 Å². The minimum atomic E-state index is -0.574. The van der Waals surface area contributed by atoms with Crippen LogP contribution in [-0.4, -0.2) is 54.2 Å². The highest BCUT2D eigenvalue weighted by atomic mass is 16.5. The average molecular weight is 425 g/mol. The van der Waals surface area contributed by atoms with Crippen molar-refractivity contribution >= 4 is 22.9 Å². The highest BCUT2D eigenvalue weighted by Crippen LogP contribution is 2.23. The first-order valence-corrected chi connectivity index (χ1v) is 9.46. The van der Waals surface area contributed by atoms with Crippen LogP contribution < -0.4 is 15.0 Å². The second-order valence-corrected chi connectivity index (χ2v) is 6.72. The summed E-state index contributed by atoms with van der Waals surface area (Å²) in [5.74, 6) is 0.105. The van der Waals surface area contributed by atoms with Crippen molar-refractivity contribution in [3.8, 4) is 11.5 Å². The molecule has 31 heavy (non-hydrogen) atoms. The van der Waals surface area contributed by atoms with Gasteiger partial charge >= 0.3 is 5.97 Å². The molecule has 0 fully saturated rings. The zero-order valence-electron chi connectivity index (χ0n) is 17.5. The molecule has 0 aliphatic carbocycles. The summed E-state index contributed by atoms with van der Waals surface area (Å²) in [6.07, 6.45) is 1.17. The molecule has 3 rings (SSSR count). The van der Waals surface area contributed by atoms with Gasteiger partial charge in [-0.1, -0.05) is 12.1 Å². The fraction of sp³-hybridized carbons (Fsp3) is 0.273. The average Bonchev–Trinajstić information content (AvgIpc) is 2.79. The van der Waals surface area contributed by atoms with Crippen molar-refractivity contribution in [1.29, 1.82) is 0 Å². The van der Waals surface area contributed by atoms with Crippen LogP contribution in [0.25, 0.3) is 11.0 Å². The highest BCUT2D eigenvalue weighted by molar-refractivity contribution is 5.83. The number of para-hydroxylation sites is 2. The van der Waals surface area contributed by atoms with E-state index in [2.05, 4.69) is 4.98 Å². The molecule has 2 aromatic carbocycles. The Morgan fingerprint density at radius 3 is 2.35 bits per heavy atom. The van der Waals surface area contributed by atoms with E-state index in [-0.39, 0.29) is 19.6 Å². The van der Waals surface area contributed by atoms with Crippen LogP contribution in [0.1, 0.15) is 5.56 Å². The monoisotopic (exact) mass is 425 g/mol. The molecule has 0 atom stereocenters. The summed E-state index contributed by atoms with van der Waals surface area (Å²) in [5, 5.41) is 0. The Bertz CT molecular complexity index is 1140. The van der Waals surface area contributed by atoms with Gasteiger partial charge in [0, 0.05) is 12.6 Å². The molecular weight excluding hydrogens is 402 g/mol. The molecule has 0 spiro atoms. The van der Waals surface area contributed by atoms with E-state index >= 15 is 0 Å². The lowest BCUT2D eigenvalue weighted by atomic mass is 10.2. The van der Waals surface area contributed by atoms with E-state index in [4.69, 9.17) is 14.2 Å². The number of hydrogen-bond donors (Lipinski definition) is 0. The first-order chi connectivity index (χ1) is 14.9. The third-order valence-corrected chi connectivity index (χ3v) is 4.73. The van der Waals surface area contributed by atoms with Gasteiger partial charge in [-0.2, -0.15) is 0 Å². The SMILES string of the molecule is COC(=O)CN(Cc1cc(OC)cc(OC)c1)C(=O)Cn1c(=O)cnc2ccccc21. The van der Waals surface area contributed by atoms with Crippen LogP contribution in [0, 0.1) is 0 Å². The molecule has 162 valence electrons. The number of benzene rings is 2. The van der Waals surface area contributed by atoms with E-state index in [0.29, 0.717) is 28.1 Å². The number of fused-ring (bicyclic) bond motifs is 1. The van der Waals surface area contributed by atoms with Crippen molar-refractivity contribution < 1.29 is 23.8 Å². The number of amides is 1. The van der Waals surface area contributed by atoms with E-state index in [1.165, 1.54) is 37.0 Å². The molecule has 0 radical (unpaired) electrons. The number of rotatable bonds is 8. The minimum Gasteiger partial charge on any atom is -0.497 e. The lowest BCUT2D eigenvalue weighted by molar-refractivity contribution is -0.147. The standard InChI is InChI=1S/C22H23N3O6/c1-29-16-8-15(9-17(10-16)30-2)12-24(14-22(28)31-3)21(27)13-25-19-7-5-4-6-18(19)23-11-20(25)26/h4-11H,12-14H2,1-3H3. The van der Waals surface area contributed by atoms with Crippen LogP contribution in [0.3, 0.4) is 0 Å². The van der Waals surface area contributed by atoms with Gasteiger partial charge in [0.05, 0.1) is 38.6 Å². The van der Waals surface area contributed by atoms with Gasteiger partial charge in [0.15, 0.2) is 0 Å². The molecule has 9 heteroatoms. The summed E-state index contributed by atoms with van der Waals surface area (Å²) in [6, 6.07) is 12.2. The molecule has 0 unspecified atom stereocenters. The molecular formula is C22H23N3O6. The summed E-state index contributed by atoms with van der Waals surface area (Å²) in [6.45, 7) is -0.425. The number of carbonyl (C=O) groups excluding carboxylic acids is 2. The molecule has 1 heterocycles. The number of carbonyl (C=O) groups is 2. The van der Waals surface area contributed by atoms with Gasteiger partial charge in [-0.15, -0.1) is 0 Å². The zero-order chi connectivity index (χ0) is 22.4. The Kier molecular flexibility index (Phi) is 6.86.